The van der Waals surface area contributed by atoms with Gasteiger partial charge in [-0.05, 0) is 24.3 Å². The van der Waals surface area contributed by atoms with Crippen molar-refractivity contribution < 1.29 is 9.21 Å². The van der Waals surface area contributed by atoms with E-state index in [4.69, 9.17) is 4.42 Å². The molecule has 0 fully saturated rings. The third-order valence-electron chi connectivity index (χ3n) is 3.55. The molecule has 120 valence electrons. The van der Waals surface area contributed by atoms with E-state index in [0.717, 1.165) is 19.1 Å². The Morgan fingerprint density at radius 3 is 2.83 bits per heavy atom. The summed E-state index contributed by atoms with van der Waals surface area (Å²) in [5.74, 6) is -0.338. The smallest absolute Gasteiger partial charge is 0.407 e. The molecule has 24 heavy (non-hydrogen) atoms. The first-order valence-electron chi connectivity index (χ1n) is 7.34. The highest BCUT2D eigenvalue weighted by atomic mass is 32.2. The average molecular weight is 356 g/mol. The van der Waals surface area contributed by atoms with E-state index in [1.807, 2.05) is 24.3 Å². The lowest BCUT2D eigenvalue weighted by Crippen LogP contribution is -2.22. The molecule has 0 bridgehead atoms. The maximum Gasteiger partial charge on any atom is 0.426 e. The van der Waals surface area contributed by atoms with Crippen LogP contribution in [0.3, 0.4) is 0 Å². The Morgan fingerprint density at radius 2 is 1.96 bits per heavy atom. The molecule has 0 saturated heterocycles. The zero-order valence-corrected chi connectivity index (χ0v) is 14.1. The van der Waals surface area contributed by atoms with Gasteiger partial charge in [0.15, 0.2) is 9.92 Å². The van der Waals surface area contributed by atoms with Gasteiger partial charge in [-0.2, -0.15) is 0 Å². The molecule has 5 nitrogen and oxygen atoms in total. The summed E-state index contributed by atoms with van der Waals surface area (Å²) in [6.45, 7) is 0. The fourth-order valence-electron chi connectivity index (χ4n) is 2.45. The number of oxazole rings is 1. The predicted molar refractivity (Wildman–Crippen MR) is 96.1 cm³/mol. The van der Waals surface area contributed by atoms with E-state index in [1.165, 1.54) is 11.8 Å². The van der Waals surface area contributed by atoms with Crippen molar-refractivity contribution in [1.29, 1.82) is 0 Å². The number of rotatable bonds is 4. The number of benzene rings is 2. The first-order chi connectivity index (χ1) is 11.7. The molecule has 0 unspecified atom stereocenters. The molecule has 2 aromatic heterocycles. The zero-order chi connectivity index (χ0) is 16.5. The fourth-order valence-corrected chi connectivity index (χ4v) is 4.52. The largest absolute Gasteiger partial charge is 0.426 e. The molecule has 4 rings (SSSR count). The number of hydrogen-bond donors (Lipinski definition) is 0. The number of para-hydroxylation sites is 3. The van der Waals surface area contributed by atoms with E-state index >= 15 is 0 Å². The first-order valence-corrected chi connectivity index (χ1v) is 9.15. The lowest BCUT2D eigenvalue weighted by atomic mass is 10.3. The summed E-state index contributed by atoms with van der Waals surface area (Å²) in [4.78, 5) is 28.8. The van der Waals surface area contributed by atoms with Crippen LogP contribution in [0.2, 0.25) is 0 Å². The molecular weight excluding hydrogens is 344 g/mol. The van der Waals surface area contributed by atoms with Crippen LogP contribution in [0.1, 0.15) is 11.2 Å². The molecule has 0 radical (unpaired) electrons. The van der Waals surface area contributed by atoms with Crippen molar-refractivity contribution in [2.45, 2.75) is 10.8 Å². The van der Waals surface area contributed by atoms with Crippen LogP contribution in [0.5, 0.6) is 0 Å². The molecule has 0 N–H and O–H groups in total. The lowest BCUT2D eigenvalue weighted by molar-refractivity contribution is 0.0907. The normalized spacial score (nSPS) is 11.3. The molecule has 0 spiro atoms. The molecule has 0 aliphatic carbocycles. The highest BCUT2D eigenvalue weighted by molar-refractivity contribution is 8.01. The lowest BCUT2D eigenvalue weighted by Gasteiger charge is -2.00. The number of carbonyl (C=O) groups excluding carboxylic acids is 1. The number of thiazole rings is 1. The standard InChI is InChI=1S/C17H12N2O3S2/c20-15(19-12-6-2-3-7-13(12)22-17(19)21)9-10-23-16-18-11-5-1-4-8-14(11)24-16/h1-8H,9-10H2. The van der Waals surface area contributed by atoms with Gasteiger partial charge in [-0.15, -0.1) is 11.3 Å². The topological polar surface area (TPSA) is 65.1 Å². The molecule has 0 saturated carbocycles. The van der Waals surface area contributed by atoms with E-state index < -0.39 is 5.76 Å². The van der Waals surface area contributed by atoms with Crippen LogP contribution in [-0.2, 0) is 0 Å². The van der Waals surface area contributed by atoms with Gasteiger partial charge in [0.2, 0.25) is 5.91 Å². The van der Waals surface area contributed by atoms with Crippen molar-refractivity contribution in [1.82, 2.24) is 9.55 Å². The van der Waals surface area contributed by atoms with Crippen LogP contribution >= 0.6 is 23.1 Å². The SMILES string of the molecule is O=C(CCSc1nc2ccccc2s1)n1c(=O)oc2ccccc21. The van der Waals surface area contributed by atoms with Crippen molar-refractivity contribution in [3.63, 3.8) is 0 Å². The van der Waals surface area contributed by atoms with Gasteiger partial charge in [0.1, 0.15) is 0 Å². The Labute approximate surface area is 144 Å². The molecule has 4 aromatic rings. The molecular formula is C17H12N2O3S2. The Bertz CT molecular complexity index is 1060. The summed E-state index contributed by atoms with van der Waals surface area (Å²) in [7, 11) is 0. The van der Waals surface area contributed by atoms with E-state index in [2.05, 4.69) is 4.98 Å². The average Bonchev–Trinajstić information content (AvgIpc) is 3.13. The maximum atomic E-state index is 12.4. The number of carbonyl (C=O) groups is 1. The van der Waals surface area contributed by atoms with Crippen molar-refractivity contribution in [3.8, 4) is 0 Å². The maximum absolute atomic E-state index is 12.4. The quantitative estimate of drug-likeness (QED) is 0.517. The predicted octanol–water partition coefficient (Wildman–Crippen LogP) is 4.03. The number of aromatic nitrogens is 2. The molecule has 2 aromatic carbocycles. The molecule has 7 heteroatoms. The van der Waals surface area contributed by atoms with Crippen LogP contribution in [0.25, 0.3) is 21.3 Å². The highest BCUT2D eigenvalue weighted by Gasteiger charge is 2.15. The van der Waals surface area contributed by atoms with Crippen LogP contribution in [0.4, 0.5) is 0 Å². The summed E-state index contributed by atoms with van der Waals surface area (Å²) in [6, 6.07) is 14.9. The third-order valence-corrected chi connectivity index (χ3v) is 5.73. The molecule has 2 heterocycles. The minimum absolute atomic E-state index is 0.240. The Hall–Kier alpha value is -2.38. The summed E-state index contributed by atoms with van der Waals surface area (Å²) in [6.07, 6.45) is 0.240. The van der Waals surface area contributed by atoms with Crippen LogP contribution < -0.4 is 5.76 Å². The number of thioether (sulfide) groups is 1. The summed E-state index contributed by atoms with van der Waals surface area (Å²) < 4.78 is 8.25. The third kappa shape index (κ3) is 2.76. The van der Waals surface area contributed by atoms with Gasteiger partial charge in [-0.25, -0.2) is 14.3 Å². The Balaban J connectivity index is 1.48. The Kier molecular flexibility index (Phi) is 3.95. The van der Waals surface area contributed by atoms with Gasteiger partial charge in [0.05, 0.1) is 15.7 Å². The van der Waals surface area contributed by atoms with Crippen LogP contribution in [0, 0.1) is 0 Å². The molecule has 0 amide bonds. The van der Waals surface area contributed by atoms with Crippen LogP contribution in [-0.4, -0.2) is 21.2 Å². The monoisotopic (exact) mass is 356 g/mol. The number of fused-ring (bicyclic) bond motifs is 2. The molecule has 0 atom stereocenters. The fraction of sp³-hybridized carbons (Fsp3) is 0.118. The molecule has 0 aliphatic heterocycles. The van der Waals surface area contributed by atoms with Crippen molar-refractivity contribution in [2.24, 2.45) is 0 Å². The van der Waals surface area contributed by atoms with Gasteiger partial charge in [-0.1, -0.05) is 36.0 Å². The van der Waals surface area contributed by atoms with E-state index in [0.29, 0.717) is 16.9 Å². The number of hydrogen-bond acceptors (Lipinski definition) is 6. The van der Waals surface area contributed by atoms with E-state index in [9.17, 15) is 9.59 Å². The van der Waals surface area contributed by atoms with Crippen molar-refractivity contribution >= 4 is 50.3 Å². The highest BCUT2D eigenvalue weighted by Crippen LogP contribution is 2.29. The first kappa shape index (κ1) is 15.2. The van der Waals surface area contributed by atoms with E-state index in [1.54, 1.807) is 35.6 Å². The second kappa shape index (κ2) is 6.26. The second-order valence-corrected chi connectivity index (χ2v) is 7.48. The van der Waals surface area contributed by atoms with Gasteiger partial charge < -0.3 is 4.42 Å². The Morgan fingerprint density at radius 1 is 1.17 bits per heavy atom. The second-order valence-electron chi connectivity index (χ2n) is 5.11. The minimum atomic E-state index is -0.633. The summed E-state index contributed by atoms with van der Waals surface area (Å²) >= 11 is 3.13. The van der Waals surface area contributed by atoms with Gasteiger partial charge >= 0.3 is 5.76 Å². The van der Waals surface area contributed by atoms with E-state index in [-0.39, 0.29) is 12.3 Å². The number of nitrogens with zero attached hydrogens (tertiary/aromatic N) is 2. The van der Waals surface area contributed by atoms with Gasteiger partial charge in [0, 0.05) is 12.2 Å². The minimum Gasteiger partial charge on any atom is -0.407 e. The van der Waals surface area contributed by atoms with Crippen LogP contribution in [0.15, 0.2) is 62.1 Å². The van der Waals surface area contributed by atoms with Crippen molar-refractivity contribution in [2.75, 3.05) is 5.75 Å². The zero-order valence-electron chi connectivity index (χ0n) is 12.5. The summed E-state index contributed by atoms with van der Waals surface area (Å²) in [5.41, 5.74) is 1.90. The van der Waals surface area contributed by atoms with Crippen molar-refractivity contribution in [3.05, 3.63) is 59.1 Å². The molecule has 0 aliphatic rings. The van der Waals surface area contributed by atoms with Gasteiger partial charge in [-0.3, -0.25) is 4.79 Å². The summed E-state index contributed by atoms with van der Waals surface area (Å²) in [5, 5.41) is 0. The van der Waals surface area contributed by atoms with Gasteiger partial charge in [0.25, 0.3) is 0 Å².